The van der Waals surface area contributed by atoms with Crippen molar-refractivity contribution in [2.45, 2.75) is 13.5 Å². The van der Waals surface area contributed by atoms with Gasteiger partial charge in [0.25, 0.3) is 0 Å². The van der Waals surface area contributed by atoms with Gasteiger partial charge in [-0.1, -0.05) is 12.1 Å². The summed E-state index contributed by atoms with van der Waals surface area (Å²) in [4.78, 5) is 6.99. The minimum absolute atomic E-state index is 0.205. The van der Waals surface area contributed by atoms with Crippen molar-refractivity contribution in [2.24, 2.45) is 0 Å². The molecule has 2 aromatic rings. The summed E-state index contributed by atoms with van der Waals surface area (Å²) in [6.45, 7) is 2.24. The van der Waals surface area contributed by atoms with Crippen molar-refractivity contribution in [1.29, 1.82) is 0 Å². The number of hydrogen-bond acceptors (Lipinski definition) is 2. The van der Waals surface area contributed by atoms with Crippen LogP contribution in [0.1, 0.15) is 11.4 Å². The van der Waals surface area contributed by atoms with E-state index in [0.29, 0.717) is 17.8 Å². The molecule has 1 aromatic carbocycles. The third kappa shape index (κ3) is 2.15. The molecule has 4 heteroatoms. The van der Waals surface area contributed by atoms with Gasteiger partial charge in [-0.25, -0.2) is 9.37 Å². The molecule has 2 rings (SSSR count). The first-order valence-electron chi connectivity index (χ1n) is 4.74. The van der Waals surface area contributed by atoms with Gasteiger partial charge in [0, 0.05) is 12.4 Å². The van der Waals surface area contributed by atoms with Crippen LogP contribution in [0.2, 0.25) is 0 Å². The van der Waals surface area contributed by atoms with E-state index >= 15 is 0 Å². The van der Waals surface area contributed by atoms with Crippen molar-refractivity contribution in [3.63, 3.8) is 0 Å². The normalized spacial score (nSPS) is 10.3. The molecule has 0 saturated carbocycles. The van der Waals surface area contributed by atoms with Gasteiger partial charge in [0.15, 0.2) is 0 Å². The average Bonchev–Trinajstić information content (AvgIpc) is 2.73. The van der Waals surface area contributed by atoms with E-state index in [1.54, 1.807) is 31.5 Å². The van der Waals surface area contributed by atoms with Gasteiger partial charge in [0.1, 0.15) is 11.6 Å². The van der Waals surface area contributed by atoms with Crippen molar-refractivity contribution in [2.75, 3.05) is 5.32 Å². The predicted octanol–water partition coefficient (Wildman–Crippen LogP) is 2.47. The number of anilines is 1. The van der Waals surface area contributed by atoms with Crippen molar-refractivity contribution in [1.82, 2.24) is 9.97 Å². The van der Waals surface area contributed by atoms with E-state index in [9.17, 15) is 4.39 Å². The Morgan fingerprint density at radius 2 is 2.33 bits per heavy atom. The van der Waals surface area contributed by atoms with Crippen LogP contribution in [0.25, 0.3) is 0 Å². The number of aryl methyl sites for hydroxylation is 1. The molecule has 0 atom stereocenters. The third-order valence-electron chi connectivity index (χ3n) is 2.19. The summed E-state index contributed by atoms with van der Waals surface area (Å²) in [6.07, 6.45) is 3.41. The SMILES string of the molecule is Cc1cccc(NCc2ncc[nH]2)c1F. The Balaban J connectivity index is 2.08. The molecule has 0 unspecified atom stereocenters. The topological polar surface area (TPSA) is 40.7 Å². The Morgan fingerprint density at radius 1 is 1.47 bits per heavy atom. The van der Waals surface area contributed by atoms with E-state index in [4.69, 9.17) is 0 Å². The highest BCUT2D eigenvalue weighted by atomic mass is 19.1. The van der Waals surface area contributed by atoms with E-state index in [-0.39, 0.29) is 5.82 Å². The smallest absolute Gasteiger partial charge is 0.149 e. The van der Waals surface area contributed by atoms with Crippen LogP contribution in [-0.2, 0) is 6.54 Å². The van der Waals surface area contributed by atoms with Gasteiger partial charge in [0.05, 0.1) is 12.2 Å². The van der Waals surface area contributed by atoms with Crippen LogP contribution in [0.15, 0.2) is 30.6 Å². The summed E-state index contributed by atoms with van der Waals surface area (Å²) in [6, 6.07) is 5.28. The number of rotatable bonds is 3. The van der Waals surface area contributed by atoms with Gasteiger partial charge < -0.3 is 10.3 Å². The molecule has 0 amide bonds. The molecule has 0 fully saturated rings. The molecule has 0 saturated heterocycles. The lowest BCUT2D eigenvalue weighted by Crippen LogP contribution is -2.03. The molecule has 1 aromatic heterocycles. The largest absolute Gasteiger partial charge is 0.375 e. The number of aromatic amines is 1. The first-order chi connectivity index (χ1) is 7.27. The van der Waals surface area contributed by atoms with Crippen LogP contribution in [0.5, 0.6) is 0 Å². The molecule has 0 radical (unpaired) electrons. The fraction of sp³-hybridized carbons (Fsp3) is 0.182. The second-order valence-corrected chi connectivity index (χ2v) is 3.33. The van der Waals surface area contributed by atoms with Crippen molar-refractivity contribution >= 4 is 5.69 Å². The summed E-state index contributed by atoms with van der Waals surface area (Å²) in [5, 5.41) is 2.99. The van der Waals surface area contributed by atoms with Crippen LogP contribution in [-0.4, -0.2) is 9.97 Å². The fourth-order valence-electron chi connectivity index (χ4n) is 1.36. The zero-order valence-corrected chi connectivity index (χ0v) is 8.42. The fourth-order valence-corrected chi connectivity index (χ4v) is 1.36. The first-order valence-corrected chi connectivity index (χ1v) is 4.74. The second-order valence-electron chi connectivity index (χ2n) is 3.33. The highest BCUT2D eigenvalue weighted by Crippen LogP contribution is 2.17. The monoisotopic (exact) mass is 205 g/mol. The number of aromatic nitrogens is 2. The van der Waals surface area contributed by atoms with E-state index in [1.807, 2.05) is 6.07 Å². The van der Waals surface area contributed by atoms with Gasteiger partial charge >= 0.3 is 0 Å². The predicted molar refractivity (Wildman–Crippen MR) is 57.1 cm³/mol. The van der Waals surface area contributed by atoms with Crippen LogP contribution < -0.4 is 5.32 Å². The molecule has 0 aliphatic carbocycles. The number of hydrogen-bond donors (Lipinski definition) is 2. The Labute approximate surface area is 87.4 Å². The Hall–Kier alpha value is -1.84. The van der Waals surface area contributed by atoms with Gasteiger partial charge in [-0.15, -0.1) is 0 Å². The van der Waals surface area contributed by atoms with Crippen LogP contribution >= 0.6 is 0 Å². The second kappa shape index (κ2) is 4.13. The average molecular weight is 205 g/mol. The minimum Gasteiger partial charge on any atom is -0.375 e. The summed E-state index contributed by atoms with van der Waals surface area (Å²) in [5.41, 5.74) is 1.14. The lowest BCUT2D eigenvalue weighted by molar-refractivity contribution is 0.620. The number of nitrogens with one attached hydrogen (secondary N) is 2. The molecule has 0 bridgehead atoms. The van der Waals surface area contributed by atoms with Crippen LogP contribution in [0.3, 0.4) is 0 Å². The number of benzene rings is 1. The number of nitrogens with zero attached hydrogens (tertiary/aromatic N) is 1. The van der Waals surface area contributed by atoms with E-state index in [0.717, 1.165) is 5.82 Å². The Kier molecular flexibility index (Phi) is 2.67. The summed E-state index contributed by atoms with van der Waals surface area (Å²) in [7, 11) is 0. The third-order valence-corrected chi connectivity index (χ3v) is 2.19. The van der Waals surface area contributed by atoms with Gasteiger partial charge in [-0.2, -0.15) is 0 Å². The van der Waals surface area contributed by atoms with Gasteiger partial charge in [0.2, 0.25) is 0 Å². The van der Waals surface area contributed by atoms with Crippen LogP contribution in [0, 0.1) is 12.7 Å². The van der Waals surface area contributed by atoms with E-state index in [2.05, 4.69) is 15.3 Å². The van der Waals surface area contributed by atoms with Crippen molar-refractivity contribution < 1.29 is 4.39 Å². The molecular formula is C11H12FN3. The maximum atomic E-state index is 13.5. The molecule has 2 N–H and O–H groups in total. The number of imidazole rings is 1. The zero-order chi connectivity index (χ0) is 10.7. The standard InChI is InChI=1S/C11H12FN3/c1-8-3-2-4-9(11(8)12)15-7-10-13-5-6-14-10/h2-6,15H,7H2,1H3,(H,13,14). The lowest BCUT2D eigenvalue weighted by Gasteiger charge is -2.07. The van der Waals surface area contributed by atoms with Crippen molar-refractivity contribution in [3.8, 4) is 0 Å². The molecule has 1 heterocycles. The lowest BCUT2D eigenvalue weighted by atomic mass is 10.2. The summed E-state index contributed by atoms with van der Waals surface area (Å²) >= 11 is 0. The van der Waals surface area contributed by atoms with Crippen LogP contribution in [0.4, 0.5) is 10.1 Å². The van der Waals surface area contributed by atoms with E-state index in [1.165, 1.54) is 0 Å². The highest BCUT2D eigenvalue weighted by Gasteiger charge is 2.04. The molecule has 78 valence electrons. The molecule has 15 heavy (non-hydrogen) atoms. The molecule has 0 spiro atoms. The quantitative estimate of drug-likeness (QED) is 0.808. The van der Waals surface area contributed by atoms with Gasteiger partial charge in [-0.05, 0) is 18.6 Å². The number of H-pyrrole nitrogens is 1. The van der Waals surface area contributed by atoms with Crippen molar-refractivity contribution in [3.05, 3.63) is 47.8 Å². The summed E-state index contributed by atoms with van der Waals surface area (Å²) in [5.74, 6) is 0.583. The molecule has 0 aliphatic heterocycles. The highest BCUT2D eigenvalue weighted by molar-refractivity contribution is 5.47. The zero-order valence-electron chi connectivity index (χ0n) is 8.42. The van der Waals surface area contributed by atoms with Gasteiger partial charge in [-0.3, -0.25) is 0 Å². The van der Waals surface area contributed by atoms with E-state index < -0.39 is 0 Å². The Bertz CT molecular complexity index is 437. The molecule has 3 nitrogen and oxygen atoms in total. The number of halogens is 1. The molecular weight excluding hydrogens is 193 g/mol. The maximum Gasteiger partial charge on any atom is 0.149 e. The summed E-state index contributed by atoms with van der Waals surface area (Å²) < 4.78 is 13.5. The minimum atomic E-state index is -0.205. The Morgan fingerprint density at radius 3 is 3.07 bits per heavy atom. The maximum absolute atomic E-state index is 13.5. The first kappa shape index (κ1) is 9.71. The molecule has 0 aliphatic rings.